The molecule has 0 saturated heterocycles. The van der Waals surface area contributed by atoms with Gasteiger partial charge in [-0.1, -0.05) is 6.07 Å². The maximum Gasteiger partial charge on any atom is 0.270 e. The highest BCUT2D eigenvalue weighted by molar-refractivity contribution is 7.80. The van der Waals surface area contributed by atoms with Crippen LogP contribution in [-0.2, 0) is 6.54 Å². The minimum atomic E-state index is -0.457. The van der Waals surface area contributed by atoms with Crippen molar-refractivity contribution in [2.75, 3.05) is 27.2 Å². The number of nitrogens with one attached hydrogen (secondary N) is 1. The van der Waals surface area contributed by atoms with Crippen LogP contribution in [0.5, 0.6) is 0 Å². The fourth-order valence-corrected chi connectivity index (χ4v) is 2.89. The molecule has 10 heteroatoms. The van der Waals surface area contributed by atoms with Gasteiger partial charge in [0.05, 0.1) is 11.5 Å². The van der Waals surface area contributed by atoms with Crippen LogP contribution in [0.15, 0.2) is 28.7 Å². The molecule has 1 aromatic heterocycles. The maximum absolute atomic E-state index is 10.9. The first-order valence-electron chi connectivity index (χ1n) is 9.04. The molecule has 0 spiro atoms. The summed E-state index contributed by atoms with van der Waals surface area (Å²) in [6.07, 6.45) is 0.983. The first-order chi connectivity index (χ1) is 13.3. The van der Waals surface area contributed by atoms with Crippen molar-refractivity contribution in [2.24, 2.45) is 0 Å². The average molecular weight is 407 g/mol. The number of nitro groups is 1. The van der Waals surface area contributed by atoms with Gasteiger partial charge in [-0.25, -0.2) is 0 Å². The molecule has 0 aliphatic carbocycles. The highest BCUT2D eigenvalue weighted by Gasteiger charge is 2.18. The molecule has 28 heavy (non-hydrogen) atoms. The molecule has 1 heterocycles. The van der Waals surface area contributed by atoms with Gasteiger partial charge in [0.25, 0.3) is 5.69 Å². The summed E-state index contributed by atoms with van der Waals surface area (Å²) in [4.78, 5) is 14.6. The molecular formula is C18H26N6O3S. The minimum absolute atomic E-state index is 0.0239. The summed E-state index contributed by atoms with van der Waals surface area (Å²) in [7, 11) is 4.07. The monoisotopic (exact) mass is 406 g/mol. The van der Waals surface area contributed by atoms with E-state index in [4.69, 9.17) is 16.6 Å². The largest absolute Gasteiger partial charge is 0.419 e. The normalized spacial score (nSPS) is 11.1. The van der Waals surface area contributed by atoms with E-state index in [1.165, 1.54) is 12.1 Å². The lowest BCUT2D eigenvalue weighted by atomic mass is 10.2. The van der Waals surface area contributed by atoms with Crippen molar-refractivity contribution in [1.82, 2.24) is 25.3 Å². The van der Waals surface area contributed by atoms with Crippen molar-refractivity contribution >= 4 is 23.0 Å². The molecule has 2 aromatic rings. The van der Waals surface area contributed by atoms with Gasteiger partial charge in [-0.3, -0.25) is 10.1 Å². The Bertz CT molecular complexity index is 808. The molecule has 152 valence electrons. The molecule has 0 radical (unpaired) electrons. The zero-order valence-electron chi connectivity index (χ0n) is 16.6. The van der Waals surface area contributed by atoms with Crippen LogP contribution in [0.2, 0.25) is 0 Å². The summed E-state index contributed by atoms with van der Waals surface area (Å²) < 4.78 is 5.71. The molecule has 0 fully saturated rings. The zero-order valence-corrected chi connectivity index (χ0v) is 17.4. The number of hydrogen-bond donors (Lipinski definition) is 1. The fraction of sp³-hybridized carbons (Fsp3) is 0.500. The van der Waals surface area contributed by atoms with Gasteiger partial charge in [-0.2, -0.15) is 0 Å². The molecule has 2 rings (SSSR count). The molecular weight excluding hydrogens is 380 g/mol. The number of rotatable bonds is 9. The van der Waals surface area contributed by atoms with Crippen LogP contribution in [-0.4, -0.2) is 63.3 Å². The zero-order chi connectivity index (χ0) is 20.7. The van der Waals surface area contributed by atoms with E-state index in [-0.39, 0.29) is 17.6 Å². The van der Waals surface area contributed by atoms with Gasteiger partial charge in [0.1, 0.15) is 0 Å². The Hall–Kier alpha value is -2.59. The number of thiocarbonyl (C=S) groups is 1. The van der Waals surface area contributed by atoms with E-state index < -0.39 is 4.92 Å². The molecule has 0 aliphatic heterocycles. The van der Waals surface area contributed by atoms with Crippen molar-refractivity contribution in [3.63, 3.8) is 0 Å². The molecule has 0 bridgehead atoms. The first-order valence-corrected chi connectivity index (χ1v) is 9.45. The summed E-state index contributed by atoms with van der Waals surface area (Å²) in [5.41, 5.74) is 0.484. The number of nitro benzene ring substituents is 1. The second-order valence-corrected chi connectivity index (χ2v) is 7.31. The summed E-state index contributed by atoms with van der Waals surface area (Å²) in [6, 6.07) is 6.25. The lowest BCUT2D eigenvalue weighted by molar-refractivity contribution is -0.384. The molecule has 0 unspecified atom stereocenters. The van der Waals surface area contributed by atoms with E-state index in [0.717, 1.165) is 19.5 Å². The van der Waals surface area contributed by atoms with Crippen LogP contribution in [0.25, 0.3) is 11.5 Å². The van der Waals surface area contributed by atoms with Gasteiger partial charge in [-0.15, -0.1) is 10.2 Å². The Labute approximate surface area is 169 Å². The summed E-state index contributed by atoms with van der Waals surface area (Å²) in [6.45, 7) is 6.19. The van der Waals surface area contributed by atoms with Crippen molar-refractivity contribution < 1.29 is 9.34 Å². The summed E-state index contributed by atoms with van der Waals surface area (Å²) >= 11 is 5.51. The third-order valence-electron chi connectivity index (χ3n) is 4.02. The van der Waals surface area contributed by atoms with Crippen molar-refractivity contribution in [1.29, 1.82) is 0 Å². The third kappa shape index (κ3) is 6.24. The predicted molar refractivity (Wildman–Crippen MR) is 111 cm³/mol. The third-order valence-corrected chi connectivity index (χ3v) is 4.40. The quantitative estimate of drug-likeness (QED) is 0.291. The average Bonchev–Trinajstić information content (AvgIpc) is 3.11. The van der Waals surface area contributed by atoms with Crippen LogP contribution in [0, 0.1) is 10.1 Å². The highest BCUT2D eigenvalue weighted by Crippen LogP contribution is 2.23. The van der Waals surface area contributed by atoms with Gasteiger partial charge in [0.15, 0.2) is 5.11 Å². The molecule has 9 nitrogen and oxygen atoms in total. The fourth-order valence-electron chi connectivity index (χ4n) is 2.51. The van der Waals surface area contributed by atoms with E-state index in [1.54, 1.807) is 12.1 Å². The second-order valence-electron chi connectivity index (χ2n) is 6.92. The Morgan fingerprint density at radius 2 is 2.11 bits per heavy atom. The van der Waals surface area contributed by atoms with Crippen LogP contribution in [0.4, 0.5) is 5.69 Å². The van der Waals surface area contributed by atoms with Gasteiger partial charge in [-0.05, 0) is 59.2 Å². The SMILES string of the molecule is CC(C)N(Cc1nnc(-c2cccc([N+](=O)[O-])c2)o1)C(=S)NCCCN(C)C. The summed E-state index contributed by atoms with van der Waals surface area (Å²) in [5.74, 6) is 0.639. The smallest absolute Gasteiger partial charge is 0.270 e. The van der Waals surface area contributed by atoms with Crippen molar-refractivity contribution in [3.8, 4) is 11.5 Å². The number of non-ortho nitro benzene ring substituents is 1. The Morgan fingerprint density at radius 3 is 2.75 bits per heavy atom. The highest BCUT2D eigenvalue weighted by atomic mass is 32.1. The molecule has 0 amide bonds. The molecule has 0 atom stereocenters. The van der Waals surface area contributed by atoms with E-state index in [0.29, 0.717) is 23.1 Å². The van der Waals surface area contributed by atoms with E-state index in [1.807, 2.05) is 32.8 Å². The van der Waals surface area contributed by atoms with Crippen LogP contribution in [0.3, 0.4) is 0 Å². The summed E-state index contributed by atoms with van der Waals surface area (Å²) in [5, 5.41) is 22.9. The van der Waals surface area contributed by atoms with Gasteiger partial charge < -0.3 is 19.5 Å². The number of aromatic nitrogens is 2. The minimum Gasteiger partial charge on any atom is -0.419 e. The molecule has 1 aromatic carbocycles. The lowest BCUT2D eigenvalue weighted by Crippen LogP contribution is -2.43. The second kappa shape index (κ2) is 10.1. The van der Waals surface area contributed by atoms with Crippen molar-refractivity contribution in [3.05, 3.63) is 40.3 Å². The Morgan fingerprint density at radius 1 is 1.36 bits per heavy atom. The Kier molecular flexibility index (Phi) is 7.82. The standard InChI is InChI=1S/C18H26N6O3S/c1-13(2)23(18(28)19-9-6-10-22(3)4)12-16-20-21-17(27-16)14-7-5-8-15(11-14)24(25)26/h5,7-8,11,13H,6,9-10,12H2,1-4H3,(H,19,28). The maximum atomic E-state index is 10.9. The van der Waals surface area contributed by atoms with Crippen LogP contribution in [0.1, 0.15) is 26.2 Å². The van der Waals surface area contributed by atoms with Gasteiger partial charge >= 0.3 is 0 Å². The first kappa shape index (κ1) is 21.7. The van der Waals surface area contributed by atoms with E-state index in [9.17, 15) is 10.1 Å². The van der Waals surface area contributed by atoms with Crippen molar-refractivity contribution in [2.45, 2.75) is 32.9 Å². The number of nitrogens with zero attached hydrogens (tertiary/aromatic N) is 5. The van der Waals surface area contributed by atoms with Crippen LogP contribution >= 0.6 is 12.2 Å². The predicted octanol–water partition coefficient (Wildman–Crippen LogP) is 2.68. The van der Waals surface area contributed by atoms with Gasteiger partial charge in [0, 0.05) is 30.3 Å². The number of hydrogen-bond acceptors (Lipinski definition) is 7. The van der Waals surface area contributed by atoms with Gasteiger partial charge in [0.2, 0.25) is 11.8 Å². The van der Waals surface area contributed by atoms with E-state index in [2.05, 4.69) is 20.4 Å². The molecule has 0 saturated carbocycles. The topological polar surface area (TPSA) is 101 Å². The number of benzene rings is 1. The lowest BCUT2D eigenvalue weighted by Gasteiger charge is -2.28. The van der Waals surface area contributed by atoms with Crippen LogP contribution < -0.4 is 5.32 Å². The molecule has 1 N–H and O–H groups in total. The molecule has 0 aliphatic rings. The van der Waals surface area contributed by atoms with E-state index >= 15 is 0 Å². The Balaban J connectivity index is 2.03.